The van der Waals surface area contributed by atoms with Crippen LogP contribution in [0.2, 0.25) is 0 Å². The molecular weight excluding hydrogens is 322 g/mol. The van der Waals surface area contributed by atoms with Crippen LogP contribution < -0.4 is 0 Å². The van der Waals surface area contributed by atoms with Gasteiger partial charge in [-0.05, 0) is 18.9 Å². The number of nitrogens with zero attached hydrogens (tertiary/aromatic N) is 1. The number of aliphatic hydroxyl groups is 1. The molecule has 25 heavy (non-hydrogen) atoms. The molecule has 0 spiro atoms. The molecule has 1 saturated heterocycles. The van der Waals surface area contributed by atoms with Gasteiger partial charge in [-0.2, -0.15) is 0 Å². The first-order valence-corrected chi connectivity index (χ1v) is 8.55. The summed E-state index contributed by atoms with van der Waals surface area (Å²) in [6.45, 7) is 2.67. The number of piperidine rings is 1. The van der Waals surface area contributed by atoms with Crippen molar-refractivity contribution >= 4 is 11.9 Å². The van der Waals surface area contributed by atoms with Crippen LogP contribution in [0.3, 0.4) is 0 Å². The highest BCUT2D eigenvalue weighted by atomic mass is 16.6. The Balaban J connectivity index is 1.61. The van der Waals surface area contributed by atoms with Crippen molar-refractivity contribution in [1.29, 1.82) is 0 Å². The zero-order valence-electron chi connectivity index (χ0n) is 14.3. The highest BCUT2D eigenvalue weighted by molar-refractivity contribution is 5.96. The summed E-state index contributed by atoms with van der Waals surface area (Å²) in [5.41, 5.74) is 1.47. The van der Waals surface area contributed by atoms with E-state index in [-0.39, 0.29) is 36.4 Å². The van der Waals surface area contributed by atoms with E-state index >= 15 is 0 Å². The van der Waals surface area contributed by atoms with Crippen molar-refractivity contribution in [2.75, 3.05) is 19.7 Å². The third kappa shape index (κ3) is 3.85. The lowest BCUT2D eigenvalue weighted by molar-refractivity contribution is -0.120. The number of aliphatic hydroxyl groups excluding tert-OH is 1. The Morgan fingerprint density at radius 1 is 1.32 bits per heavy atom. The Kier molecular flexibility index (Phi) is 5.38. The largest absolute Gasteiger partial charge is 0.498 e. The van der Waals surface area contributed by atoms with Gasteiger partial charge in [0.05, 0.1) is 6.26 Å². The SMILES string of the molecule is CC1OC=C(C(=O)CO)[C@H]2CCN(C(=O)OCc3ccccc3)CC12. The summed E-state index contributed by atoms with van der Waals surface area (Å²) >= 11 is 0. The highest BCUT2D eigenvalue weighted by Crippen LogP contribution is 2.37. The molecule has 0 aliphatic carbocycles. The second-order valence-electron chi connectivity index (χ2n) is 6.54. The summed E-state index contributed by atoms with van der Waals surface area (Å²) in [5.74, 6) is -0.267. The molecule has 1 fully saturated rings. The van der Waals surface area contributed by atoms with Crippen molar-refractivity contribution < 1.29 is 24.2 Å². The summed E-state index contributed by atoms with van der Waals surface area (Å²) in [6, 6.07) is 9.55. The normalized spacial score (nSPS) is 25.4. The van der Waals surface area contributed by atoms with Gasteiger partial charge in [-0.3, -0.25) is 4.79 Å². The Labute approximate surface area is 147 Å². The van der Waals surface area contributed by atoms with Crippen LogP contribution in [-0.2, 0) is 20.9 Å². The Morgan fingerprint density at radius 2 is 2.08 bits per heavy atom. The van der Waals surface area contributed by atoms with Crippen LogP contribution in [0.4, 0.5) is 4.79 Å². The van der Waals surface area contributed by atoms with Gasteiger partial charge in [0.2, 0.25) is 0 Å². The summed E-state index contributed by atoms with van der Waals surface area (Å²) in [7, 11) is 0. The van der Waals surface area contributed by atoms with Gasteiger partial charge in [0.15, 0.2) is 5.78 Å². The van der Waals surface area contributed by atoms with E-state index in [0.717, 1.165) is 5.56 Å². The number of hydrogen-bond donors (Lipinski definition) is 1. The zero-order chi connectivity index (χ0) is 17.8. The molecule has 2 heterocycles. The maximum Gasteiger partial charge on any atom is 0.410 e. The fourth-order valence-corrected chi connectivity index (χ4v) is 3.55. The molecule has 3 atom stereocenters. The second-order valence-corrected chi connectivity index (χ2v) is 6.54. The third-order valence-corrected chi connectivity index (χ3v) is 5.00. The van der Waals surface area contributed by atoms with Gasteiger partial charge in [0.1, 0.15) is 19.3 Å². The smallest absolute Gasteiger partial charge is 0.410 e. The summed E-state index contributed by atoms with van der Waals surface area (Å²) in [5, 5.41) is 9.13. The topological polar surface area (TPSA) is 76.1 Å². The van der Waals surface area contributed by atoms with Crippen LogP contribution in [0.25, 0.3) is 0 Å². The van der Waals surface area contributed by atoms with E-state index in [4.69, 9.17) is 14.6 Å². The molecule has 1 N–H and O–H groups in total. The predicted molar refractivity (Wildman–Crippen MR) is 90.5 cm³/mol. The van der Waals surface area contributed by atoms with Crippen LogP contribution >= 0.6 is 0 Å². The van der Waals surface area contributed by atoms with Gasteiger partial charge >= 0.3 is 6.09 Å². The van der Waals surface area contributed by atoms with Crippen LogP contribution in [0, 0.1) is 11.8 Å². The quantitative estimate of drug-likeness (QED) is 0.905. The van der Waals surface area contributed by atoms with Crippen molar-refractivity contribution in [2.45, 2.75) is 26.1 Å². The average Bonchev–Trinajstić information content (AvgIpc) is 2.66. The molecule has 0 aromatic heterocycles. The van der Waals surface area contributed by atoms with E-state index in [1.807, 2.05) is 37.3 Å². The molecule has 2 unspecified atom stereocenters. The lowest BCUT2D eigenvalue weighted by Crippen LogP contribution is -2.50. The standard InChI is InChI=1S/C19H23NO5/c1-13-16-9-20(19(23)25-11-14-5-3-2-4-6-14)8-7-15(16)17(12-24-13)18(22)10-21/h2-6,12-13,15-16,21H,7-11H2,1H3/t13?,15-,16?/m0/s1. The van der Waals surface area contributed by atoms with Gasteiger partial charge in [-0.15, -0.1) is 0 Å². The minimum absolute atomic E-state index is 0.0153. The summed E-state index contributed by atoms with van der Waals surface area (Å²) < 4.78 is 11.0. The maximum atomic E-state index is 12.4. The Morgan fingerprint density at radius 3 is 2.80 bits per heavy atom. The van der Waals surface area contributed by atoms with Crippen LogP contribution in [-0.4, -0.2) is 47.7 Å². The molecule has 2 aliphatic rings. The third-order valence-electron chi connectivity index (χ3n) is 5.00. The molecule has 134 valence electrons. The minimum Gasteiger partial charge on any atom is -0.498 e. The molecule has 0 bridgehead atoms. The molecule has 6 nitrogen and oxygen atoms in total. The minimum atomic E-state index is -0.518. The Hall–Kier alpha value is -2.34. The first-order chi connectivity index (χ1) is 12.1. The number of ether oxygens (including phenoxy) is 2. The van der Waals surface area contributed by atoms with E-state index < -0.39 is 6.61 Å². The Bertz CT molecular complexity index is 657. The summed E-state index contributed by atoms with van der Waals surface area (Å²) in [6.07, 6.45) is 1.70. The van der Waals surface area contributed by atoms with Crippen molar-refractivity contribution in [3.8, 4) is 0 Å². The van der Waals surface area contributed by atoms with Crippen molar-refractivity contribution in [3.63, 3.8) is 0 Å². The molecule has 6 heteroatoms. The number of Topliss-reactive ketones (excluding diaryl/α,β-unsaturated/α-hetero) is 1. The lowest BCUT2D eigenvalue weighted by atomic mass is 9.75. The number of rotatable bonds is 4. The molecule has 3 rings (SSSR count). The number of fused-ring (bicyclic) bond motifs is 1. The molecule has 2 aliphatic heterocycles. The van der Waals surface area contributed by atoms with Crippen LogP contribution in [0.15, 0.2) is 42.2 Å². The van der Waals surface area contributed by atoms with E-state index in [1.165, 1.54) is 6.26 Å². The number of hydrogen-bond acceptors (Lipinski definition) is 5. The molecule has 0 saturated carbocycles. The van der Waals surface area contributed by atoms with Crippen molar-refractivity contribution in [2.24, 2.45) is 11.8 Å². The number of amides is 1. The highest BCUT2D eigenvalue weighted by Gasteiger charge is 2.41. The average molecular weight is 345 g/mol. The van der Waals surface area contributed by atoms with Crippen molar-refractivity contribution in [3.05, 3.63) is 47.7 Å². The van der Waals surface area contributed by atoms with E-state index in [9.17, 15) is 9.59 Å². The monoisotopic (exact) mass is 345 g/mol. The van der Waals surface area contributed by atoms with Crippen molar-refractivity contribution in [1.82, 2.24) is 4.90 Å². The number of ketones is 1. The van der Waals surface area contributed by atoms with Gasteiger partial charge in [-0.25, -0.2) is 4.79 Å². The predicted octanol–water partition coefficient (Wildman–Crippen LogP) is 2.13. The number of likely N-dealkylation sites (tertiary alicyclic amines) is 1. The fraction of sp³-hybridized carbons (Fsp3) is 0.474. The summed E-state index contributed by atoms with van der Waals surface area (Å²) in [4.78, 5) is 25.9. The van der Waals surface area contributed by atoms with Crippen LogP contribution in [0.1, 0.15) is 18.9 Å². The number of benzene rings is 1. The van der Waals surface area contributed by atoms with Gasteiger partial charge in [0, 0.05) is 30.5 Å². The van der Waals surface area contributed by atoms with Gasteiger partial charge < -0.3 is 19.5 Å². The zero-order valence-corrected chi connectivity index (χ0v) is 14.3. The molecule has 1 aromatic carbocycles. The fourth-order valence-electron chi connectivity index (χ4n) is 3.55. The molecule has 1 aromatic rings. The van der Waals surface area contributed by atoms with E-state index in [2.05, 4.69) is 0 Å². The maximum absolute atomic E-state index is 12.4. The van der Waals surface area contributed by atoms with E-state index in [1.54, 1.807) is 4.90 Å². The second kappa shape index (κ2) is 7.70. The first kappa shape index (κ1) is 17.5. The number of carbonyl (C=O) groups is 2. The van der Waals surface area contributed by atoms with E-state index in [0.29, 0.717) is 25.1 Å². The molecular formula is C19H23NO5. The molecule has 0 radical (unpaired) electrons. The van der Waals surface area contributed by atoms with Crippen LogP contribution in [0.5, 0.6) is 0 Å². The number of carbonyl (C=O) groups excluding carboxylic acids is 2. The molecule has 1 amide bonds. The van der Waals surface area contributed by atoms with Gasteiger partial charge in [-0.1, -0.05) is 30.3 Å². The first-order valence-electron chi connectivity index (χ1n) is 8.55. The van der Waals surface area contributed by atoms with Gasteiger partial charge in [0.25, 0.3) is 0 Å². The lowest BCUT2D eigenvalue weighted by Gasteiger charge is -2.43.